The third kappa shape index (κ3) is 3.94. The molecule has 0 aliphatic carbocycles. The summed E-state index contributed by atoms with van der Waals surface area (Å²) in [7, 11) is 1.32. The van der Waals surface area contributed by atoms with Crippen LogP contribution < -0.4 is 4.74 Å². The lowest BCUT2D eigenvalue weighted by atomic mass is 10.2. The molecule has 1 amide bonds. The zero-order chi connectivity index (χ0) is 15.1. The number of ether oxygens (including phenoxy) is 2. The van der Waals surface area contributed by atoms with Crippen LogP contribution in [0.5, 0.6) is 5.75 Å². The van der Waals surface area contributed by atoms with Gasteiger partial charge in [0.25, 0.3) is 5.91 Å². The van der Waals surface area contributed by atoms with E-state index in [1.807, 2.05) is 0 Å². The molecule has 0 heterocycles. The van der Waals surface area contributed by atoms with E-state index in [4.69, 9.17) is 9.47 Å². The maximum Gasteiger partial charge on any atom is 0.325 e. The smallest absolute Gasteiger partial charge is 0.325 e. The average molecular weight is 283 g/mol. The minimum atomic E-state index is -0.544. The van der Waals surface area contributed by atoms with E-state index in [1.54, 1.807) is 13.8 Å². The Labute approximate surface area is 117 Å². The summed E-state index contributed by atoms with van der Waals surface area (Å²) in [5.41, 5.74) is 0.259. The van der Waals surface area contributed by atoms with Crippen molar-refractivity contribution in [3.8, 4) is 5.75 Å². The van der Waals surface area contributed by atoms with Crippen LogP contribution >= 0.6 is 0 Å². The third-order valence-electron chi connectivity index (χ3n) is 2.69. The Kier molecular flexibility index (Phi) is 5.96. The summed E-state index contributed by atoms with van der Waals surface area (Å²) >= 11 is 0. The number of carbonyl (C=O) groups excluding carboxylic acids is 2. The number of methoxy groups -OCH3 is 1. The number of carbonyl (C=O) groups is 2. The Morgan fingerprint density at radius 3 is 2.55 bits per heavy atom. The number of likely N-dealkylation sites (N-methyl/N-ethyl adjacent to an activating group) is 1. The molecule has 1 rings (SSSR count). The van der Waals surface area contributed by atoms with Gasteiger partial charge in [-0.05, 0) is 32.0 Å². The first-order valence-corrected chi connectivity index (χ1v) is 6.31. The number of rotatable bonds is 6. The molecular formula is C14H18FNO4. The molecule has 0 saturated heterocycles. The highest BCUT2D eigenvalue weighted by molar-refractivity contribution is 5.96. The molecule has 0 saturated carbocycles. The van der Waals surface area contributed by atoms with Gasteiger partial charge in [-0.25, -0.2) is 4.39 Å². The maximum atomic E-state index is 13.3. The second-order valence-electron chi connectivity index (χ2n) is 3.97. The molecule has 0 N–H and O–H groups in total. The van der Waals surface area contributed by atoms with Gasteiger partial charge in [0.2, 0.25) is 0 Å². The fourth-order valence-corrected chi connectivity index (χ4v) is 1.67. The second-order valence-corrected chi connectivity index (χ2v) is 3.97. The van der Waals surface area contributed by atoms with Gasteiger partial charge in [0.05, 0.1) is 13.7 Å². The van der Waals surface area contributed by atoms with Crippen LogP contribution in [0.25, 0.3) is 0 Å². The van der Waals surface area contributed by atoms with E-state index < -0.39 is 11.8 Å². The SMILES string of the molecule is CCOC(=O)CN(CC)C(=O)c1ccc(F)c(OC)c1. The summed E-state index contributed by atoms with van der Waals surface area (Å²) in [5, 5.41) is 0. The van der Waals surface area contributed by atoms with Crippen molar-refractivity contribution in [2.45, 2.75) is 13.8 Å². The molecule has 0 radical (unpaired) electrons. The highest BCUT2D eigenvalue weighted by Gasteiger charge is 2.19. The van der Waals surface area contributed by atoms with Gasteiger partial charge < -0.3 is 14.4 Å². The topological polar surface area (TPSA) is 55.8 Å². The normalized spacial score (nSPS) is 10.0. The van der Waals surface area contributed by atoms with Crippen LogP contribution in [0.3, 0.4) is 0 Å². The quantitative estimate of drug-likeness (QED) is 0.748. The molecule has 0 aromatic heterocycles. The van der Waals surface area contributed by atoms with Gasteiger partial charge in [0.1, 0.15) is 6.54 Å². The van der Waals surface area contributed by atoms with Crippen LogP contribution in [0.1, 0.15) is 24.2 Å². The zero-order valence-corrected chi connectivity index (χ0v) is 11.8. The second kappa shape index (κ2) is 7.47. The Morgan fingerprint density at radius 2 is 2.00 bits per heavy atom. The van der Waals surface area contributed by atoms with Crippen molar-refractivity contribution in [3.63, 3.8) is 0 Å². The maximum absolute atomic E-state index is 13.3. The third-order valence-corrected chi connectivity index (χ3v) is 2.69. The van der Waals surface area contributed by atoms with Crippen molar-refractivity contribution in [1.29, 1.82) is 0 Å². The van der Waals surface area contributed by atoms with Gasteiger partial charge in [-0.15, -0.1) is 0 Å². The Bertz CT molecular complexity index is 490. The molecule has 0 bridgehead atoms. The van der Waals surface area contributed by atoms with Gasteiger partial charge in [-0.2, -0.15) is 0 Å². The molecule has 0 unspecified atom stereocenters. The summed E-state index contributed by atoms with van der Waals surface area (Å²) in [4.78, 5) is 25.0. The van der Waals surface area contributed by atoms with E-state index in [1.165, 1.54) is 24.1 Å². The monoisotopic (exact) mass is 283 g/mol. The molecule has 1 aromatic carbocycles. The molecule has 1 aromatic rings. The Balaban J connectivity index is 2.88. The average Bonchev–Trinajstić information content (AvgIpc) is 2.45. The fraction of sp³-hybridized carbons (Fsp3) is 0.429. The number of hydrogen-bond donors (Lipinski definition) is 0. The zero-order valence-electron chi connectivity index (χ0n) is 11.8. The minimum Gasteiger partial charge on any atom is -0.494 e. The Morgan fingerprint density at radius 1 is 1.30 bits per heavy atom. The summed E-state index contributed by atoms with van der Waals surface area (Å²) in [6, 6.07) is 3.82. The van der Waals surface area contributed by atoms with E-state index in [-0.39, 0.29) is 30.4 Å². The number of hydrogen-bond acceptors (Lipinski definition) is 4. The first-order valence-electron chi connectivity index (χ1n) is 6.31. The van der Waals surface area contributed by atoms with Crippen LogP contribution in [0.15, 0.2) is 18.2 Å². The molecule has 20 heavy (non-hydrogen) atoms. The highest BCUT2D eigenvalue weighted by atomic mass is 19.1. The van der Waals surface area contributed by atoms with Gasteiger partial charge in [-0.3, -0.25) is 9.59 Å². The predicted molar refractivity (Wildman–Crippen MR) is 71.2 cm³/mol. The molecule has 0 spiro atoms. The molecular weight excluding hydrogens is 265 g/mol. The summed E-state index contributed by atoms with van der Waals surface area (Å²) in [5.74, 6) is -1.41. The van der Waals surface area contributed by atoms with E-state index in [9.17, 15) is 14.0 Å². The lowest BCUT2D eigenvalue weighted by Crippen LogP contribution is -2.36. The van der Waals surface area contributed by atoms with E-state index >= 15 is 0 Å². The highest BCUT2D eigenvalue weighted by Crippen LogP contribution is 2.19. The van der Waals surface area contributed by atoms with Crippen molar-refractivity contribution in [2.75, 3.05) is 26.8 Å². The Hall–Kier alpha value is -2.11. The van der Waals surface area contributed by atoms with E-state index in [2.05, 4.69) is 0 Å². The first kappa shape index (κ1) is 15.9. The van der Waals surface area contributed by atoms with Crippen LogP contribution in [-0.2, 0) is 9.53 Å². The number of benzene rings is 1. The van der Waals surface area contributed by atoms with Crippen molar-refractivity contribution in [1.82, 2.24) is 4.90 Å². The standard InChI is InChI=1S/C14H18FNO4/c1-4-16(9-13(17)20-5-2)14(18)10-6-7-11(15)12(8-10)19-3/h6-8H,4-5,9H2,1-3H3. The fourth-order valence-electron chi connectivity index (χ4n) is 1.67. The van der Waals surface area contributed by atoms with E-state index in [0.717, 1.165) is 6.07 Å². The molecule has 0 atom stereocenters. The van der Waals surface area contributed by atoms with Gasteiger partial charge >= 0.3 is 5.97 Å². The van der Waals surface area contributed by atoms with Crippen LogP contribution in [0.2, 0.25) is 0 Å². The van der Waals surface area contributed by atoms with Crippen molar-refractivity contribution in [3.05, 3.63) is 29.6 Å². The summed E-state index contributed by atoms with van der Waals surface area (Å²) in [6.07, 6.45) is 0. The number of esters is 1. The van der Waals surface area contributed by atoms with Crippen LogP contribution in [0.4, 0.5) is 4.39 Å². The summed E-state index contributed by atoms with van der Waals surface area (Å²) in [6.45, 7) is 3.91. The molecule has 0 aliphatic rings. The predicted octanol–water partition coefficient (Wildman–Crippen LogP) is 1.86. The van der Waals surface area contributed by atoms with E-state index in [0.29, 0.717) is 6.54 Å². The summed E-state index contributed by atoms with van der Waals surface area (Å²) < 4.78 is 22.9. The molecule has 0 aliphatic heterocycles. The molecule has 0 fully saturated rings. The number of halogens is 1. The minimum absolute atomic E-state index is 0.0111. The molecule has 6 heteroatoms. The van der Waals surface area contributed by atoms with Gasteiger partial charge in [-0.1, -0.05) is 0 Å². The largest absolute Gasteiger partial charge is 0.494 e. The lowest BCUT2D eigenvalue weighted by Gasteiger charge is -2.20. The van der Waals surface area contributed by atoms with Gasteiger partial charge in [0, 0.05) is 12.1 Å². The number of amides is 1. The molecule has 5 nitrogen and oxygen atoms in total. The first-order chi connectivity index (χ1) is 9.53. The van der Waals surface area contributed by atoms with Crippen LogP contribution in [-0.4, -0.2) is 43.6 Å². The van der Waals surface area contributed by atoms with Crippen molar-refractivity contribution >= 4 is 11.9 Å². The van der Waals surface area contributed by atoms with Gasteiger partial charge in [0.15, 0.2) is 11.6 Å². The number of nitrogens with zero attached hydrogens (tertiary/aromatic N) is 1. The van der Waals surface area contributed by atoms with Crippen LogP contribution in [0, 0.1) is 5.82 Å². The van der Waals surface area contributed by atoms with Crippen molar-refractivity contribution in [2.24, 2.45) is 0 Å². The van der Waals surface area contributed by atoms with Crippen molar-refractivity contribution < 1.29 is 23.5 Å². The lowest BCUT2D eigenvalue weighted by molar-refractivity contribution is -0.143. The molecule has 110 valence electrons.